The first-order valence-corrected chi connectivity index (χ1v) is 18.9. The Balaban J connectivity index is 1.21. The van der Waals surface area contributed by atoms with E-state index in [4.69, 9.17) is 15.0 Å². The Morgan fingerprint density at radius 2 is 0.732 bits per heavy atom. The van der Waals surface area contributed by atoms with Crippen molar-refractivity contribution >= 4 is 43.6 Å². The highest BCUT2D eigenvalue weighted by Crippen LogP contribution is 2.43. The average Bonchev–Trinajstić information content (AvgIpc) is 3.80. The van der Waals surface area contributed by atoms with E-state index in [1.54, 1.807) is 0 Å². The predicted molar refractivity (Wildman–Crippen MR) is 230 cm³/mol. The average molecular weight is 716 g/mol. The minimum Gasteiger partial charge on any atom is -0.309 e. The molecule has 3 aromatic heterocycles. The Morgan fingerprint density at radius 1 is 0.286 bits per heavy atom. The van der Waals surface area contributed by atoms with Gasteiger partial charge in [0.1, 0.15) is 0 Å². The van der Waals surface area contributed by atoms with Gasteiger partial charge in [0.2, 0.25) is 0 Å². The van der Waals surface area contributed by atoms with Crippen LogP contribution in [0.4, 0.5) is 0 Å². The summed E-state index contributed by atoms with van der Waals surface area (Å²) in [4.78, 5) is 15.4. The molecule has 5 nitrogen and oxygen atoms in total. The van der Waals surface area contributed by atoms with Crippen molar-refractivity contribution in [3.05, 3.63) is 200 Å². The van der Waals surface area contributed by atoms with Gasteiger partial charge in [0.25, 0.3) is 0 Å². The van der Waals surface area contributed by atoms with Crippen molar-refractivity contribution in [2.75, 3.05) is 0 Å². The van der Waals surface area contributed by atoms with Gasteiger partial charge in [0.15, 0.2) is 17.5 Å². The third-order valence-electron chi connectivity index (χ3n) is 10.8. The van der Waals surface area contributed by atoms with Crippen LogP contribution in [0.25, 0.3) is 100 Å². The molecule has 8 aromatic carbocycles. The normalized spacial score (nSPS) is 11.6. The number of aromatic nitrogens is 5. The Bertz CT molecular complexity index is 3160. The van der Waals surface area contributed by atoms with Crippen molar-refractivity contribution in [1.82, 2.24) is 24.1 Å². The second kappa shape index (κ2) is 13.0. The van der Waals surface area contributed by atoms with Gasteiger partial charge in [-0.25, -0.2) is 15.0 Å². The summed E-state index contributed by atoms with van der Waals surface area (Å²) in [6.07, 6.45) is 0. The second-order valence-electron chi connectivity index (χ2n) is 14.0. The van der Waals surface area contributed by atoms with E-state index in [-0.39, 0.29) is 0 Å². The smallest absolute Gasteiger partial charge is 0.164 e. The van der Waals surface area contributed by atoms with Crippen LogP contribution >= 0.6 is 0 Å². The summed E-state index contributed by atoms with van der Waals surface area (Å²) in [5.41, 5.74) is 12.0. The van der Waals surface area contributed by atoms with E-state index in [1.807, 2.05) is 36.4 Å². The number of hydrogen-bond donors (Lipinski definition) is 0. The van der Waals surface area contributed by atoms with Gasteiger partial charge in [-0.05, 0) is 65.7 Å². The van der Waals surface area contributed by atoms with Crippen molar-refractivity contribution < 1.29 is 0 Å². The standard InChI is InChI=1S/C51H33N5/c1-5-17-34(18-6-1)49-52-50(35-19-7-2-8-20-35)54-51(53-49)41-27-16-30-46-48(41)42-33-36(31-32-44(42)56(46)38-23-11-4-12-24-38)39-26-15-29-45-47(39)40-25-13-14-28-43(40)55(45)37-21-9-3-10-22-37/h1-33H. The van der Waals surface area contributed by atoms with Crippen molar-refractivity contribution in [3.63, 3.8) is 0 Å². The Hall–Kier alpha value is -7.63. The molecule has 0 aliphatic rings. The van der Waals surface area contributed by atoms with Crippen LogP contribution in [-0.4, -0.2) is 24.1 Å². The zero-order valence-electron chi connectivity index (χ0n) is 30.3. The fourth-order valence-electron chi connectivity index (χ4n) is 8.32. The zero-order chi connectivity index (χ0) is 37.0. The molecular weight excluding hydrogens is 683 g/mol. The van der Waals surface area contributed by atoms with E-state index in [1.165, 1.54) is 27.4 Å². The Labute approximate surface area is 323 Å². The van der Waals surface area contributed by atoms with Crippen LogP contribution < -0.4 is 0 Å². The fraction of sp³-hybridized carbons (Fsp3) is 0. The van der Waals surface area contributed by atoms with E-state index in [2.05, 4.69) is 173 Å². The Kier molecular flexibility index (Phi) is 7.42. The first-order valence-electron chi connectivity index (χ1n) is 18.9. The van der Waals surface area contributed by atoms with Crippen LogP contribution in [0.1, 0.15) is 0 Å². The van der Waals surface area contributed by atoms with Crippen molar-refractivity contribution in [2.45, 2.75) is 0 Å². The van der Waals surface area contributed by atoms with Crippen LogP contribution in [0.5, 0.6) is 0 Å². The number of nitrogens with zero attached hydrogens (tertiary/aromatic N) is 5. The molecule has 11 rings (SSSR count). The summed E-state index contributed by atoms with van der Waals surface area (Å²) in [7, 11) is 0. The molecule has 0 atom stereocenters. The van der Waals surface area contributed by atoms with E-state index < -0.39 is 0 Å². The monoisotopic (exact) mass is 715 g/mol. The van der Waals surface area contributed by atoms with Crippen molar-refractivity contribution in [2.24, 2.45) is 0 Å². The Morgan fingerprint density at radius 3 is 1.32 bits per heavy atom. The lowest BCUT2D eigenvalue weighted by Crippen LogP contribution is -2.00. The molecule has 5 heteroatoms. The minimum absolute atomic E-state index is 0.633. The summed E-state index contributed by atoms with van der Waals surface area (Å²) < 4.78 is 4.73. The van der Waals surface area contributed by atoms with Gasteiger partial charge in [-0.1, -0.05) is 146 Å². The SMILES string of the molecule is c1ccc(-c2nc(-c3ccccc3)nc(-c3cccc4c3c3cc(-c5cccc6c5c5ccccc5n6-c5ccccc5)ccc3n4-c3ccccc3)n2)cc1. The first kappa shape index (κ1) is 31.9. The van der Waals surface area contributed by atoms with Crippen LogP contribution in [0.15, 0.2) is 200 Å². The van der Waals surface area contributed by atoms with E-state index in [0.717, 1.165) is 55.4 Å². The third-order valence-corrected chi connectivity index (χ3v) is 10.8. The number of benzene rings is 8. The zero-order valence-corrected chi connectivity index (χ0v) is 30.3. The molecule has 0 radical (unpaired) electrons. The van der Waals surface area contributed by atoms with Crippen LogP contribution in [0, 0.1) is 0 Å². The maximum Gasteiger partial charge on any atom is 0.164 e. The number of fused-ring (bicyclic) bond motifs is 6. The van der Waals surface area contributed by atoms with E-state index in [9.17, 15) is 0 Å². The molecule has 0 aliphatic carbocycles. The lowest BCUT2D eigenvalue weighted by molar-refractivity contribution is 1.08. The minimum atomic E-state index is 0.633. The van der Waals surface area contributed by atoms with Gasteiger partial charge in [-0.15, -0.1) is 0 Å². The van der Waals surface area contributed by atoms with E-state index >= 15 is 0 Å². The molecule has 262 valence electrons. The van der Waals surface area contributed by atoms with Gasteiger partial charge >= 0.3 is 0 Å². The van der Waals surface area contributed by atoms with Gasteiger partial charge in [-0.2, -0.15) is 0 Å². The molecule has 56 heavy (non-hydrogen) atoms. The van der Waals surface area contributed by atoms with Crippen molar-refractivity contribution in [3.8, 4) is 56.7 Å². The summed E-state index contributed by atoms with van der Waals surface area (Å²) in [5.74, 6) is 1.91. The summed E-state index contributed by atoms with van der Waals surface area (Å²) in [5, 5.41) is 4.68. The summed E-state index contributed by atoms with van der Waals surface area (Å²) in [6.45, 7) is 0. The molecule has 3 heterocycles. The number of para-hydroxylation sites is 3. The second-order valence-corrected chi connectivity index (χ2v) is 14.0. The molecule has 0 spiro atoms. The molecule has 11 aromatic rings. The summed E-state index contributed by atoms with van der Waals surface area (Å²) >= 11 is 0. The molecule has 0 saturated heterocycles. The molecule has 0 bridgehead atoms. The maximum absolute atomic E-state index is 5.19. The highest BCUT2D eigenvalue weighted by Gasteiger charge is 2.22. The van der Waals surface area contributed by atoms with E-state index in [0.29, 0.717) is 17.5 Å². The van der Waals surface area contributed by atoms with Gasteiger partial charge < -0.3 is 9.13 Å². The van der Waals surface area contributed by atoms with Gasteiger partial charge in [-0.3, -0.25) is 0 Å². The first-order chi connectivity index (χ1) is 27.8. The molecule has 0 fully saturated rings. The lowest BCUT2D eigenvalue weighted by atomic mass is 9.97. The molecule has 0 aliphatic heterocycles. The topological polar surface area (TPSA) is 48.5 Å². The highest BCUT2D eigenvalue weighted by atomic mass is 15.0. The highest BCUT2D eigenvalue weighted by molar-refractivity contribution is 6.19. The molecule has 0 N–H and O–H groups in total. The van der Waals surface area contributed by atoms with Crippen LogP contribution in [0.2, 0.25) is 0 Å². The van der Waals surface area contributed by atoms with Crippen LogP contribution in [0.3, 0.4) is 0 Å². The number of hydrogen-bond acceptors (Lipinski definition) is 3. The quantitative estimate of drug-likeness (QED) is 0.172. The molecule has 0 saturated carbocycles. The van der Waals surface area contributed by atoms with Crippen LogP contribution in [-0.2, 0) is 0 Å². The molecule has 0 unspecified atom stereocenters. The van der Waals surface area contributed by atoms with Gasteiger partial charge in [0, 0.05) is 49.6 Å². The lowest BCUT2D eigenvalue weighted by Gasteiger charge is -2.10. The largest absolute Gasteiger partial charge is 0.309 e. The molecule has 0 amide bonds. The molecular formula is C51H33N5. The summed E-state index contributed by atoms with van der Waals surface area (Å²) in [6, 6.07) is 70.3. The van der Waals surface area contributed by atoms with Crippen molar-refractivity contribution in [1.29, 1.82) is 0 Å². The number of rotatable bonds is 6. The third kappa shape index (κ3) is 5.13. The maximum atomic E-state index is 5.19. The fourth-order valence-corrected chi connectivity index (χ4v) is 8.32. The van der Waals surface area contributed by atoms with Gasteiger partial charge in [0.05, 0.1) is 22.1 Å². The predicted octanol–water partition coefficient (Wildman–Crippen LogP) is 12.7.